The molecule has 0 saturated carbocycles. The van der Waals surface area contributed by atoms with Gasteiger partial charge in [0.05, 0.1) is 13.2 Å². The van der Waals surface area contributed by atoms with Crippen LogP contribution in [0.15, 0.2) is 97.2 Å². The van der Waals surface area contributed by atoms with Crippen LogP contribution in [0.2, 0.25) is 0 Å². The summed E-state index contributed by atoms with van der Waals surface area (Å²) in [4.78, 5) is 34.8. The minimum absolute atomic E-state index is 0.0344. The zero-order valence-corrected chi connectivity index (χ0v) is 35.0. The Hall–Kier alpha value is -3.07. The SMILES string of the molecule is CC/C=C\C/C=C\C/C=C\C/C=C\C/C=C\C/C=C\CCC(=O)O[C@H](COC(=O)CCCCCCC/C=C\C/C=C\CCCCC)COP(=O)(O)OCCN. The Labute approximate surface area is 334 Å². The zero-order chi connectivity index (χ0) is 40.3. The van der Waals surface area contributed by atoms with Crippen LogP contribution < -0.4 is 5.73 Å². The number of nitrogens with two attached hydrogens (primary N) is 1. The fourth-order valence-electron chi connectivity index (χ4n) is 4.92. The quantitative estimate of drug-likeness (QED) is 0.0273. The van der Waals surface area contributed by atoms with Gasteiger partial charge in [0.15, 0.2) is 6.10 Å². The van der Waals surface area contributed by atoms with Gasteiger partial charge in [-0.1, -0.05) is 143 Å². The number of phosphoric acid groups is 1. The molecule has 312 valence electrons. The van der Waals surface area contributed by atoms with Crippen molar-refractivity contribution < 1.29 is 37.6 Å². The van der Waals surface area contributed by atoms with E-state index in [2.05, 4.69) is 98.9 Å². The minimum Gasteiger partial charge on any atom is -0.462 e. The summed E-state index contributed by atoms with van der Waals surface area (Å²) in [6, 6.07) is 0. The van der Waals surface area contributed by atoms with Gasteiger partial charge in [-0.05, 0) is 83.5 Å². The second-order valence-electron chi connectivity index (χ2n) is 13.1. The molecule has 0 fully saturated rings. The van der Waals surface area contributed by atoms with E-state index < -0.39 is 32.5 Å². The normalized spacial score (nSPS) is 14.3. The Bertz CT molecular complexity index is 1220. The first-order chi connectivity index (χ1) is 26.8. The highest BCUT2D eigenvalue weighted by molar-refractivity contribution is 7.47. The summed E-state index contributed by atoms with van der Waals surface area (Å²) < 4.78 is 32.6. The number of carbonyl (C=O) groups excluding carboxylic acids is 2. The molecule has 0 saturated heterocycles. The van der Waals surface area contributed by atoms with Crippen molar-refractivity contribution in [2.24, 2.45) is 5.73 Å². The molecule has 0 heterocycles. The molecule has 0 aromatic heterocycles. The molecule has 10 heteroatoms. The molecular weight excluding hydrogens is 713 g/mol. The standard InChI is InChI=1S/C45H74NO8P/c1-3-5-7-9-11-13-15-17-19-20-21-22-24-26-28-30-32-34-36-38-45(48)54-43(42-53-55(49,50)52-40-39-46)41-51-44(47)37-35-33-31-29-27-25-23-18-16-14-12-10-8-6-4-2/h5,7,11-14,17-19,21-23,26,28,32,34,43H,3-4,6,8-10,15-16,20,24-25,27,29-31,33,35-42,46H2,1-2H3,(H,49,50)/b7-5-,13-11-,14-12-,19-17-,22-21-,23-18-,28-26-,34-32-/t43-/m1/s1. The average Bonchev–Trinajstić information content (AvgIpc) is 3.17. The Morgan fingerprint density at radius 3 is 1.56 bits per heavy atom. The Morgan fingerprint density at radius 2 is 1.04 bits per heavy atom. The number of hydrogen-bond acceptors (Lipinski definition) is 8. The monoisotopic (exact) mass is 788 g/mol. The smallest absolute Gasteiger partial charge is 0.462 e. The first-order valence-electron chi connectivity index (χ1n) is 20.7. The van der Waals surface area contributed by atoms with Crippen molar-refractivity contribution in [3.8, 4) is 0 Å². The number of carbonyl (C=O) groups is 2. The van der Waals surface area contributed by atoms with Crippen molar-refractivity contribution >= 4 is 19.8 Å². The van der Waals surface area contributed by atoms with Crippen molar-refractivity contribution in [1.82, 2.24) is 0 Å². The van der Waals surface area contributed by atoms with Crippen LogP contribution in [0.5, 0.6) is 0 Å². The van der Waals surface area contributed by atoms with E-state index in [1.165, 1.54) is 25.7 Å². The number of allylic oxidation sites excluding steroid dienone is 16. The average molecular weight is 788 g/mol. The summed E-state index contributed by atoms with van der Waals surface area (Å²) in [6.07, 6.45) is 51.6. The molecule has 0 rings (SSSR count). The van der Waals surface area contributed by atoms with E-state index in [9.17, 15) is 19.0 Å². The fourth-order valence-corrected chi connectivity index (χ4v) is 5.69. The van der Waals surface area contributed by atoms with Crippen molar-refractivity contribution in [3.63, 3.8) is 0 Å². The van der Waals surface area contributed by atoms with Crippen molar-refractivity contribution in [3.05, 3.63) is 97.2 Å². The minimum atomic E-state index is -4.41. The van der Waals surface area contributed by atoms with Crippen LogP contribution in [0.1, 0.15) is 142 Å². The summed E-state index contributed by atoms with van der Waals surface area (Å²) in [5.41, 5.74) is 5.33. The number of hydrogen-bond donors (Lipinski definition) is 2. The summed E-state index contributed by atoms with van der Waals surface area (Å²) in [5.74, 6) is -0.954. The van der Waals surface area contributed by atoms with E-state index in [0.29, 0.717) is 12.8 Å². The van der Waals surface area contributed by atoms with Crippen molar-refractivity contribution in [2.45, 2.75) is 148 Å². The molecule has 0 spiro atoms. The molecule has 55 heavy (non-hydrogen) atoms. The third kappa shape index (κ3) is 40.4. The molecule has 0 radical (unpaired) electrons. The third-order valence-electron chi connectivity index (χ3n) is 7.97. The molecule has 9 nitrogen and oxygen atoms in total. The molecule has 1 unspecified atom stereocenters. The predicted molar refractivity (Wildman–Crippen MR) is 228 cm³/mol. The van der Waals surface area contributed by atoms with Crippen LogP contribution >= 0.6 is 7.82 Å². The maximum absolute atomic E-state index is 12.5. The molecule has 0 aliphatic heterocycles. The van der Waals surface area contributed by atoms with Gasteiger partial charge in [-0.3, -0.25) is 18.6 Å². The number of phosphoric ester groups is 1. The van der Waals surface area contributed by atoms with Crippen LogP contribution in [0.25, 0.3) is 0 Å². The van der Waals surface area contributed by atoms with Crippen LogP contribution in [0.4, 0.5) is 0 Å². The lowest BCUT2D eigenvalue weighted by atomic mass is 10.1. The van der Waals surface area contributed by atoms with Crippen molar-refractivity contribution in [1.29, 1.82) is 0 Å². The van der Waals surface area contributed by atoms with E-state index in [-0.39, 0.29) is 32.6 Å². The Balaban J connectivity index is 4.37. The molecule has 0 amide bonds. The van der Waals surface area contributed by atoms with Crippen LogP contribution in [0, 0.1) is 0 Å². The Kier molecular flexibility index (Phi) is 38.3. The Morgan fingerprint density at radius 1 is 0.564 bits per heavy atom. The van der Waals surface area contributed by atoms with E-state index in [1.807, 2.05) is 12.2 Å². The van der Waals surface area contributed by atoms with Crippen molar-refractivity contribution in [2.75, 3.05) is 26.4 Å². The molecule has 0 bridgehead atoms. The van der Waals surface area contributed by atoms with Crippen LogP contribution in [-0.4, -0.2) is 49.3 Å². The van der Waals surface area contributed by atoms with Gasteiger partial charge in [-0.25, -0.2) is 4.57 Å². The van der Waals surface area contributed by atoms with Gasteiger partial charge in [-0.2, -0.15) is 0 Å². The topological polar surface area (TPSA) is 134 Å². The van der Waals surface area contributed by atoms with Gasteiger partial charge >= 0.3 is 19.8 Å². The molecule has 2 atom stereocenters. The second-order valence-corrected chi connectivity index (χ2v) is 14.6. The van der Waals surface area contributed by atoms with E-state index in [4.69, 9.17) is 24.3 Å². The van der Waals surface area contributed by atoms with Gasteiger partial charge in [0.1, 0.15) is 6.61 Å². The third-order valence-corrected chi connectivity index (χ3v) is 8.95. The predicted octanol–water partition coefficient (Wildman–Crippen LogP) is 11.8. The number of ether oxygens (including phenoxy) is 2. The first kappa shape index (κ1) is 51.9. The van der Waals surface area contributed by atoms with E-state index in [0.717, 1.165) is 77.0 Å². The maximum Gasteiger partial charge on any atom is 0.472 e. The highest BCUT2D eigenvalue weighted by Gasteiger charge is 2.25. The lowest BCUT2D eigenvalue weighted by Gasteiger charge is -2.19. The van der Waals surface area contributed by atoms with Crippen LogP contribution in [-0.2, 0) is 32.7 Å². The van der Waals surface area contributed by atoms with Gasteiger partial charge < -0.3 is 20.1 Å². The fraction of sp³-hybridized carbons (Fsp3) is 0.600. The summed E-state index contributed by atoms with van der Waals surface area (Å²) in [6.45, 7) is 3.46. The van der Waals surface area contributed by atoms with Gasteiger partial charge in [0.25, 0.3) is 0 Å². The summed E-state index contributed by atoms with van der Waals surface area (Å²) in [7, 11) is -4.41. The molecule has 0 aromatic rings. The van der Waals surface area contributed by atoms with Gasteiger partial charge in [0, 0.05) is 19.4 Å². The van der Waals surface area contributed by atoms with E-state index >= 15 is 0 Å². The molecule has 0 aliphatic rings. The highest BCUT2D eigenvalue weighted by Crippen LogP contribution is 2.43. The number of unbranched alkanes of at least 4 members (excludes halogenated alkanes) is 8. The van der Waals surface area contributed by atoms with E-state index in [1.54, 1.807) is 0 Å². The largest absolute Gasteiger partial charge is 0.472 e. The number of rotatable bonds is 37. The van der Waals surface area contributed by atoms with Gasteiger partial charge in [-0.15, -0.1) is 0 Å². The maximum atomic E-state index is 12.5. The first-order valence-corrected chi connectivity index (χ1v) is 22.2. The lowest BCUT2D eigenvalue weighted by molar-refractivity contribution is -0.161. The number of esters is 2. The molecule has 0 aliphatic carbocycles. The molecule has 0 aromatic carbocycles. The summed E-state index contributed by atoms with van der Waals surface area (Å²) in [5, 5.41) is 0. The summed E-state index contributed by atoms with van der Waals surface area (Å²) >= 11 is 0. The zero-order valence-electron chi connectivity index (χ0n) is 34.1. The highest BCUT2D eigenvalue weighted by atomic mass is 31.2. The molecule has 3 N–H and O–H groups in total. The van der Waals surface area contributed by atoms with Gasteiger partial charge in [0.2, 0.25) is 0 Å². The van der Waals surface area contributed by atoms with Crippen LogP contribution in [0.3, 0.4) is 0 Å². The lowest BCUT2D eigenvalue weighted by Crippen LogP contribution is -2.29. The molecular formula is C45H74NO8P. The second kappa shape index (κ2) is 40.6.